The first-order valence-corrected chi connectivity index (χ1v) is 7.65. The second kappa shape index (κ2) is 5.81. The van der Waals surface area contributed by atoms with Crippen LogP contribution in [-0.2, 0) is 9.53 Å². The summed E-state index contributed by atoms with van der Waals surface area (Å²) in [4.78, 5) is 29.8. The third-order valence-electron chi connectivity index (χ3n) is 4.98. The summed E-state index contributed by atoms with van der Waals surface area (Å²) in [5.41, 5.74) is 0. The largest absolute Gasteiger partial charge is 0.480 e. The molecule has 3 aliphatic rings. The van der Waals surface area contributed by atoms with Gasteiger partial charge in [-0.3, -0.25) is 4.90 Å². The average Bonchev–Trinajstić information content (AvgIpc) is 3.11. The summed E-state index contributed by atoms with van der Waals surface area (Å²) in [6, 6.07) is -0.454. The fraction of sp³-hybridized carbons (Fsp3) is 0.857. The molecule has 21 heavy (non-hydrogen) atoms. The molecule has 1 N–H and O–H groups in total. The maximum atomic E-state index is 12.7. The predicted molar refractivity (Wildman–Crippen MR) is 75.1 cm³/mol. The number of carboxylic acid groups (broad SMARTS) is 1. The standard InChI is InChI=1S/C14H23N3O4/c1-21-11-7-12(13(18)19)17(9-11)14(20)16-6-5-15-4-2-3-10(15)8-16/h10-12H,2-9H2,1H3,(H,18,19). The molecule has 7 nitrogen and oxygen atoms in total. The van der Waals surface area contributed by atoms with Gasteiger partial charge in [-0.15, -0.1) is 0 Å². The molecule has 3 atom stereocenters. The molecule has 118 valence electrons. The maximum absolute atomic E-state index is 12.7. The molecular weight excluding hydrogens is 274 g/mol. The molecule has 7 heteroatoms. The molecule has 0 aromatic rings. The highest BCUT2D eigenvalue weighted by molar-refractivity contribution is 5.83. The molecule has 0 aliphatic carbocycles. The number of methoxy groups -OCH3 is 1. The Kier molecular flexibility index (Phi) is 4.03. The van der Waals surface area contributed by atoms with Gasteiger partial charge in [-0.25, -0.2) is 9.59 Å². The Balaban J connectivity index is 1.67. The number of urea groups is 1. The summed E-state index contributed by atoms with van der Waals surface area (Å²) in [7, 11) is 1.56. The molecule has 3 saturated heterocycles. The van der Waals surface area contributed by atoms with Gasteiger partial charge in [0.1, 0.15) is 6.04 Å². The Labute approximate surface area is 124 Å². The van der Waals surface area contributed by atoms with Gasteiger partial charge in [0.15, 0.2) is 0 Å². The smallest absolute Gasteiger partial charge is 0.326 e. The highest BCUT2D eigenvalue weighted by atomic mass is 16.5. The second-order valence-electron chi connectivity index (χ2n) is 6.16. The Morgan fingerprint density at radius 1 is 1.19 bits per heavy atom. The second-order valence-corrected chi connectivity index (χ2v) is 6.16. The highest BCUT2D eigenvalue weighted by Gasteiger charge is 2.43. The van der Waals surface area contributed by atoms with Crippen molar-refractivity contribution in [2.75, 3.05) is 39.8 Å². The van der Waals surface area contributed by atoms with Crippen molar-refractivity contribution >= 4 is 12.0 Å². The minimum atomic E-state index is -0.942. The van der Waals surface area contributed by atoms with Crippen LogP contribution in [0.1, 0.15) is 19.3 Å². The molecule has 0 aromatic heterocycles. The van der Waals surface area contributed by atoms with Crippen LogP contribution in [0.4, 0.5) is 4.79 Å². The molecule has 0 aromatic carbocycles. The number of piperazine rings is 1. The van der Waals surface area contributed by atoms with Crippen molar-refractivity contribution in [3.63, 3.8) is 0 Å². The number of fused-ring (bicyclic) bond motifs is 1. The van der Waals surface area contributed by atoms with Crippen LogP contribution >= 0.6 is 0 Å². The van der Waals surface area contributed by atoms with Gasteiger partial charge in [0, 0.05) is 45.8 Å². The first-order chi connectivity index (χ1) is 10.1. The predicted octanol–water partition coefficient (Wildman–Crippen LogP) is 0.0603. The first-order valence-electron chi connectivity index (χ1n) is 7.65. The maximum Gasteiger partial charge on any atom is 0.326 e. The van der Waals surface area contributed by atoms with Gasteiger partial charge in [-0.1, -0.05) is 0 Å². The molecule has 3 aliphatic heterocycles. The van der Waals surface area contributed by atoms with Crippen LogP contribution < -0.4 is 0 Å². The highest BCUT2D eigenvalue weighted by Crippen LogP contribution is 2.25. The number of carbonyl (C=O) groups is 2. The summed E-state index contributed by atoms with van der Waals surface area (Å²) < 4.78 is 5.24. The number of hydrogen-bond donors (Lipinski definition) is 1. The summed E-state index contributed by atoms with van der Waals surface area (Å²) in [6.45, 7) is 3.81. The number of carboxylic acids is 1. The molecule has 3 unspecified atom stereocenters. The number of ether oxygens (including phenoxy) is 1. The lowest BCUT2D eigenvalue weighted by atomic mass is 10.1. The Bertz CT molecular complexity index is 430. The van der Waals surface area contributed by atoms with Crippen molar-refractivity contribution in [3.05, 3.63) is 0 Å². The third-order valence-corrected chi connectivity index (χ3v) is 4.98. The van der Waals surface area contributed by atoms with E-state index in [9.17, 15) is 14.7 Å². The topological polar surface area (TPSA) is 73.3 Å². The molecule has 0 saturated carbocycles. The van der Waals surface area contributed by atoms with Crippen LogP contribution in [0.15, 0.2) is 0 Å². The SMILES string of the molecule is COC1CC(C(=O)O)N(C(=O)N2CCN3CCCC3C2)C1. The summed E-state index contributed by atoms with van der Waals surface area (Å²) in [5, 5.41) is 9.32. The number of rotatable bonds is 2. The fourth-order valence-electron chi connectivity index (χ4n) is 3.76. The van der Waals surface area contributed by atoms with Crippen molar-refractivity contribution in [2.24, 2.45) is 0 Å². The lowest BCUT2D eigenvalue weighted by molar-refractivity contribution is -0.141. The molecule has 3 heterocycles. The van der Waals surface area contributed by atoms with Crippen LogP contribution in [0.2, 0.25) is 0 Å². The van der Waals surface area contributed by atoms with E-state index in [0.717, 1.165) is 26.1 Å². The lowest BCUT2D eigenvalue weighted by Gasteiger charge is -2.39. The van der Waals surface area contributed by atoms with Gasteiger partial charge in [0.25, 0.3) is 0 Å². The normalized spacial score (nSPS) is 33.3. The molecule has 2 amide bonds. The number of hydrogen-bond acceptors (Lipinski definition) is 4. The summed E-state index contributed by atoms with van der Waals surface area (Å²) in [5.74, 6) is -0.942. The Morgan fingerprint density at radius 2 is 2.00 bits per heavy atom. The minimum absolute atomic E-state index is 0.145. The van der Waals surface area contributed by atoms with Gasteiger partial charge < -0.3 is 19.6 Å². The quantitative estimate of drug-likeness (QED) is 0.780. The zero-order valence-corrected chi connectivity index (χ0v) is 12.4. The molecule has 3 fully saturated rings. The minimum Gasteiger partial charge on any atom is -0.480 e. The van der Waals surface area contributed by atoms with Crippen molar-refractivity contribution < 1.29 is 19.4 Å². The van der Waals surface area contributed by atoms with E-state index in [4.69, 9.17) is 4.74 Å². The summed E-state index contributed by atoms with van der Waals surface area (Å²) >= 11 is 0. The van der Waals surface area contributed by atoms with Crippen molar-refractivity contribution in [1.29, 1.82) is 0 Å². The van der Waals surface area contributed by atoms with E-state index in [0.29, 0.717) is 25.6 Å². The number of likely N-dealkylation sites (tertiary alicyclic amines) is 1. The van der Waals surface area contributed by atoms with E-state index < -0.39 is 12.0 Å². The van der Waals surface area contributed by atoms with Crippen LogP contribution in [0, 0.1) is 0 Å². The fourth-order valence-corrected chi connectivity index (χ4v) is 3.76. The Morgan fingerprint density at radius 3 is 2.71 bits per heavy atom. The van der Waals surface area contributed by atoms with E-state index in [1.165, 1.54) is 11.3 Å². The number of amides is 2. The van der Waals surface area contributed by atoms with Crippen LogP contribution in [0.5, 0.6) is 0 Å². The number of nitrogens with zero attached hydrogens (tertiary/aromatic N) is 3. The van der Waals surface area contributed by atoms with Gasteiger partial charge in [0.2, 0.25) is 0 Å². The molecule has 0 bridgehead atoms. The first kappa shape index (κ1) is 14.6. The van der Waals surface area contributed by atoms with Crippen molar-refractivity contribution in [2.45, 2.75) is 37.5 Å². The third kappa shape index (κ3) is 2.72. The van der Waals surface area contributed by atoms with Gasteiger partial charge in [0.05, 0.1) is 6.10 Å². The van der Waals surface area contributed by atoms with Gasteiger partial charge in [-0.05, 0) is 19.4 Å². The molecular formula is C14H23N3O4. The molecule has 0 radical (unpaired) electrons. The Hall–Kier alpha value is -1.34. The van der Waals surface area contributed by atoms with Gasteiger partial charge >= 0.3 is 12.0 Å². The number of aliphatic carboxylic acids is 1. The number of carbonyl (C=O) groups excluding carboxylic acids is 1. The van der Waals surface area contributed by atoms with E-state index in [1.807, 2.05) is 4.90 Å². The van der Waals surface area contributed by atoms with Crippen LogP contribution in [0.25, 0.3) is 0 Å². The average molecular weight is 297 g/mol. The van der Waals surface area contributed by atoms with E-state index in [1.54, 1.807) is 7.11 Å². The monoisotopic (exact) mass is 297 g/mol. The van der Waals surface area contributed by atoms with Crippen molar-refractivity contribution in [1.82, 2.24) is 14.7 Å². The summed E-state index contributed by atoms with van der Waals surface area (Å²) in [6.07, 6.45) is 2.52. The van der Waals surface area contributed by atoms with E-state index in [2.05, 4.69) is 4.90 Å². The zero-order chi connectivity index (χ0) is 15.0. The molecule has 0 spiro atoms. The van der Waals surface area contributed by atoms with Crippen molar-refractivity contribution in [3.8, 4) is 0 Å². The van der Waals surface area contributed by atoms with Gasteiger partial charge in [-0.2, -0.15) is 0 Å². The van der Waals surface area contributed by atoms with Crippen LogP contribution in [0.3, 0.4) is 0 Å². The lowest BCUT2D eigenvalue weighted by Crippen LogP contribution is -2.56. The van der Waals surface area contributed by atoms with E-state index >= 15 is 0 Å². The van der Waals surface area contributed by atoms with Crippen LogP contribution in [-0.4, -0.2) is 89.8 Å². The molecule has 3 rings (SSSR count). The zero-order valence-electron chi connectivity index (χ0n) is 12.4. The van der Waals surface area contributed by atoms with E-state index in [-0.39, 0.29) is 12.1 Å².